The molecule has 2 heterocycles. The van der Waals surface area contributed by atoms with E-state index in [4.69, 9.17) is 4.74 Å². The van der Waals surface area contributed by atoms with Crippen LogP contribution in [-0.4, -0.2) is 37.2 Å². The molecule has 0 aromatic carbocycles. The van der Waals surface area contributed by atoms with Crippen molar-refractivity contribution in [3.8, 4) is 0 Å². The molecular weight excluding hydrogens is 330 g/mol. The molecule has 1 N–H and O–H groups in total. The number of nitrogens with zero attached hydrogens (tertiary/aromatic N) is 4. The fourth-order valence-electron chi connectivity index (χ4n) is 2.33. The fourth-order valence-corrected chi connectivity index (χ4v) is 2.33. The minimum absolute atomic E-state index is 0.145. The monoisotopic (exact) mass is 349 g/mol. The Morgan fingerprint density at radius 2 is 1.96 bits per heavy atom. The molecule has 10 nitrogen and oxygen atoms in total. The number of hydrogen-bond donors (Lipinski definition) is 1. The number of aryl methyl sites for hydroxylation is 1. The Bertz CT molecular complexity index is 979. The maximum atomic E-state index is 12.3. The molecule has 0 fully saturated rings. The first kappa shape index (κ1) is 18.2. The molecule has 0 bridgehead atoms. The van der Waals surface area contributed by atoms with Crippen molar-refractivity contribution in [1.82, 2.24) is 24.0 Å². The van der Waals surface area contributed by atoms with E-state index >= 15 is 0 Å². The molecule has 0 radical (unpaired) electrons. The van der Waals surface area contributed by atoms with Crippen molar-refractivity contribution in [2.45, 2.75) is 20.4 Å². The number of aromatic nitrogens is 4. The lowest BCUT2D eigenvalue weighted by atomic mass is 10.4. The number of ether oxygens (including phenoxy) is 1. The summed E-state index contributed by atoms with van der Waals surface area (Å²) in [5.41, 5.74) is -0.387. The number of carbonyl (C=O) groups excluding carboxylic acids is 2. The zero-order chi connectivity index (χ0) is 18.7. The molecule has 0 spiro atoms. The van der Waals surface area contributed by atoms with Crippen molar-refractivity contribution < 1.29 is 14.3 Å². The summed E-state index contributed by atoms with van der Waals surface area (Å²) in [5, 5.41) is 2.53. The first-order valence-corrected chi connectivity index (χ1v) is 7.52. The van der Waals surface area contributed by atoms with Crippen LogP contribution in [0.4, 0.5) is 0 Å². The van der Waals surface area contributed by atoms with E-state index in [1.807, 2.05) is 0 Å². The fraction of sp³-hybridized carbons (Fsp3) is 0.400. The van der Waals surface area contributed by atoms with E-state index in [1.165, 1.54) is 29.6 Å². The van der Waals surface area contributed by atoms with Gasteiger partial charge in [-0.05, 0) is 13.8 Å². The van der Waals surface area contributed by atoms with Crippen LogP contribution in [0.25, 0.3) is 11.2 Å². The number of imidazole rings is 1. The van der Waals surface area contributed by atoms with E-state index in [9.17, 15) is 19.2 Å². The minimum Gasteiger partial charge on any atom is -0.463 e. The number of hydrogen-bond acceptors (Lipinski definition) is 6. The largest absolute Gasteiger partial charge is 0.463 e. The topological polar surface area (TPSA) is 117 Å². The standard InChI is InChI=1S/C15H19N5O5/c1-5-25-11(22)6-9(2)17-10(21)7-20-8-16-13-12(20)14(23)19(4)15(24)18(13)3/h6,8H,5,7H2,1-4H3,(H,17,21). The predicted octanol–water partition coefficient (Wildman–Crippen LogP) is -0.983. The highest BCUT2D eigenvalue weighted by molar-refractivity contribution is 5.85. The summed E-state index contributed by atoms with van der Waals surface area (Å²) in [6.07, 6.45) is 2.48. The van der Waals surface area contributed by atoms with Gasteiger partial charge >= 0.3 is 11.7 Å². The van der Waals surface area contributed by atoms with Gasteiger partial charge in [-0.1, -0.05) is 0 Å². The van der Waals surface area contributed by atoms with Crippen LogP contribution in [-0.2, 0) is 35.0 Å². The quantitative estimate of drug-likeness (QED) is 0.547. The second-order valence-corrected chi connectivity index (χ2v) is 5.38. The van der Waals surface area contributed by atoms with E-state index < -0.39 is 23.1 Å². The normalized spacial score (nSPS) is 11.6. The Labute approximate surface area is 142 Å². The number of rotatable bonds is 5. The lowest BCUT2D eigenvalue weighted by molar-refractivity contribution is -0.137. The average Bonchev–Trinajstić information content (AvgIpc) is 2.94. The number of esters is 1. The molecule has 2 aromatic rings. The third kappa shape index (κ3) is 3.67. The van der Waals surface area contributed by atoms with E-state index in [0.29, 0.717) is 5.70 Å². The highest BCUT2D eigenvalue weighted by atomic mass is 16.5. The van der Waals surface area contributed by atoms with Gasteiger partial charge in [0.05, 0.1) is 12.9 Å². The summed E-state index contributed by atoms with van der Waals surface area (Å²) < 4.78 is 8.29. The van der Waals surface area contributed by atoms with Gasteiger partial charge < -0.3 is 14.6 Å². The van der Waals surface area contributed by atoms with Crippen molar-refractivity contribution in [1.29, 1.82) is 0 Å². The molecule has 0 aliphatic carbocycles. The van der Waals surface area contributed by atoms with E-state index in [2.05, 4.69) is 10.3 Å². The SMILES string of the molecule is CCOC(=O)C=C(C)NC(=O)Cn1cnc2c1c(=O)n(C)c(=O)n2C. The molecule has 2 rings (SSSR count). The van der Waals surface area contributed by atoms with Gasteiger partial charge in [0, 0.05) is 25.9 Å². The third-order valence-corrected chi connectivity index (χ3v) is 3.49. The van der Waals surface area contributed by atoms with Gasteiger partial charge in [0.15, 0.2) is 11.2 Å². The van der Waals surface area contributed by atoms with Gasteiger partial charge in [-0.3, -0.25) is 18.7 Å². The lowest BCUT2D eigenvalue weighted by Gasteiger charge is -2.08. The molecule has 0 unspecified atom stereocenters. The van der Waals surface area contributed by atoms with E-state index in [-0.39, 0.29) is 24.3 Å². The molecule has 25 heavy (non-hydrogen) atoms. The maximum Gasteiger partial charge on any atom is 0.332 e. The number of fused-ring (bicyclic) bond motifs is 1. The Hall–Kier alpha value is -3.17. The van der Waals surface area contributed by atoms with E-state index in [1.54, 1.807) is 13.8 Å². The molecule has 2 aromatic heterocycles. The molecular formula is C15H19N5O5. The van der Waals surface area contributed by atoms with Gasteiger partial charge in [0.1, 0.15) is 6.54 Å². The zero-order valence-electron chi connectivity index (χ0n) is 14.4. The second-order valence-electron chi connectivity index (χ2n) is 5.38. The second kappa shape index (κ2) is 7.16. The van der Waals surface area contributed by atoms with Crippen molar-refractivity contribution >= 4 is 23.0 Å². The Morgan fingerprint density at radius 1 is 1.28 bits per heavy atom. The number of allylic oxidation sites excluding steroid dienone is 1. The summed E-state index contributed by atoms with van der Waals surface area (Å²) in [5.74, 6) is -1.01. The highest BCUT2D eigenvalue weighted by Crippen LogP contribution is 2.05. The maximum absolute atomic E-state index is 12.3. The summed E-state index contributed by atoms with van der Waals surface area (Å²) in [6, 6.07) is 0. The van der Waals surface area contributed by atoms with Crippen LogP contribution >= 0.6 is 0 Å². The highest BCUT2D eigenvalue weighted by Gasteiger charge is 2.16. The predicted molar refractivity (Wildman–Crippen MR) is 88.7 cm³/mol. The Kier molecular flexibility index (Phi) is 5.20. The Balaban J connectivity index is 2.27. The van der Waals surface area contributed by atoms with E-state index in [0.717, 1.165) is 10.6 Å². The molecule has 1 amide bonds. The van der Waals surface area contributed by atoms with Gasteiger partial charge in [0.2, 0.25) is 5.91 Å². The third-order valence-electron chi connectivity index (χ3n) is 3.49. The van der Waals surface area contributed by atoms with Crippen LogP contribution in [0.5, 0.6) is 0 Å². The smallest absolute Gasteiger partial charge is 0.332 e. The minimum atomic E-state index is -0.558. The summed E-state index contributed by atoms with van der Waals surface area (Å²) >= 11 is 0. The first-order chi connectivity index (χ1) is 11.8. The molecule has 10 heteroatoms. The first-order valence-electron chi connectivity index (χ1n) is 7.52. The summed E-state index contributed by atoms with van der Waals surface area (Å²) in [7, 11) is 2.85. The van der Waals surface area contributed by atoms with Crippen LogP contribution < -0.4 is 16.6 Å². The van der Waals surface area contributed by atoms with Crippen LogP contribution in [0.2, 0.25) is 0 Å². The number of amides is 1. The Morgan fingerprint density at radius 3 is 2.60 bits per heavy atom. The molecule has 0 aliphatic rings. The molecule has 0 saturated heterocycles. The van der Waals surface area contributed by atoms with Crippen LogP contribution in [0, 0.1) is 0 Å². The number of nitrogens with one attached hydrogen (secondary N) is 1. The molecule has 0 aliphatic heterocycles. The number of carbonyl (C=O) groups is 2. The van der Waals surface area contributed by atoms with Gasteiger partial charge in [-0.2, -0.15) is 0 Å². The van der Waals surface area contributed by atoms with Crippen molar-refractivity contribution in [3.05, 3.63) is 38.9 Å². The van der Waals surface area contributed by atoms with Gasteiger partial charge in [0.25, 0.3) is 5.56 Å². The summed E-state index contributed by atoms with van der Waals surface area (Å²) in [4.78, 5) is 51.7. The molecule has 134 valence electrons. The van der Waals surface area contributed by atoms with Gasteiger partial charge in [-0.25, -0.2) is 14.6 Å². The summed E-state index contributed by atoms with van der Waals surface area (Å²) in [6.45, 7) is 3.26. The van der Waals surface area contributed by atoms with Crippen LogP contribution in [0.1, 0.15) is 13.8 Å². The van der Waals surface area contributed by atoms with Crippen molar-refractivity contribution in [2.24, 2.45) is 14.1 Å². The van der Waals surface area contributed by atoms with Gasteiger partial charge in [-0.15, -0.1) is 0 Å². The average molecular weight is 349 g/mol. The van der Waals surface area contributed by atoms with Crippen molar-refractivity contribution in [3.63, 3.8) is 0 Å². The van der Waals surface area contributed by atoms with Crippen molar-refractivity contribution in [2.75, 3.05) is 6.61 Å². The molecule has 0 atom stereocenters. The van der Waals surface area contributed by atoms with Crippen LogP contribution in [0.3, 0.4) is 0 Å². The lowest BCUT2D eigenvalue weighted by Crippen LogP contribution is -2.38. The van der Waals surface area contributed by atoms with Crippen LogP contribution in [0.15, 0.2) is 27.7 Å². The zero-order valence-corrected chi connectivity index (χ0v) is 14.4. The molecule has 0 saturated carbocycles.